The molecule has 0 aromatic carbocycles. The fourth-order valence-electron chi connectivity index (χ4n) is 4.70. The lowest BCUT2D eigenvalue weighted by Gasteiger charge is -2.38. The molecule has 0 unspecified atom stereocenters. The second-order valence-corrected chi connectivity index (χ2v) is 9.41. The summed E-state index contributed by atoms with van der Waals surface area (Å²) in [5, 5.41) is 0.581. The van der Waals surface area contributed by atoms with E-state index in [0.717, 1.165) is 43.5 Å². The van der Waals surface area contributed by atoms with Crippen LogP contribution in [-0.4, -0.2) is 70.6 Å². The maximum Gasteiger partial charge on any atom is 0.264 e. The van der Waals surface area contributed by atoms with Crippen molar-refractivity contribution in [2.75, 3.05) is 33.4 Å². The Morgan fingerprint density at radius 1 is 1.23 bits per heavy atom. The number of rotatable bonds is 5. The summed E-state index contributed by atoms with van der Waals surface area (Å²) < 4.78 is 7.04. The zero-order valence-corrected chi connectivity index (χ0v) is 19.3. The fraction of sp³-hybridized carbons (Fsp3) is 0.636. The van der Waals surface area contributed by atoms with Crippen molar-refractivity contribution in [3.63, 3.8) is 0 Å². The molecule has 8 nitrogen and oxygen atoms in total. The predicted molar refractivity (Wildman–Crippen MR) is 120 cm³/mol. The van der Waals surface area contributed by atoms with Crippen LogP contribution in [0.25, 0.3) is 10.2 Å². The molecule has 0 spiro atoms. The summed E-state index contributed by atoms with van der Waals surface area (Å²) in [5.74, 6) is 0.835. The van der Waals surface area contributed by atoms with Crippen LogP contribution >= 0.6 is 11.3 Å². The van der Waals surface area contributed by atoms with E-state index in [1.165, 1.54) is 11.3 Å². The Hall–Kier alpha value is -2.26. The number of fused-ring (bicyclic) bond motifs is 2. The van der Waals surface area contributed by atoms with Gasteiger partial charge in [0.15, 0.2) is 0 Å². The molecule has 168 valence electrons. The molecule has 2 aliphatic rings. The van der Waals surface area contributed by atoms with Gasteiger partial charge in [-0.25, -0.2) is 4.98 Å². The molecule has 0 atom stereocenters. The van der Waals surface area contributed by atoms with E-state index in [2.05, 4.69) is 0 Å². The third-order valence-electron chi connectivity index (χ3n) is 6.50. The molecule has 2 aromatic rings. The van der Waals surface area contributed by atoms with Crippen LogP contribution in [0, 0.1) is 6.92 Å². The van der Waals surface area contributed by atoms with E-state index < -0.39 is 0 Å². The van der Waals surface area contributed by atoms with Gasteiger partial charge in [0.1, 0.15) is 10.7 Å². The first-order valence-electron chi connectivity index (χ1n) is 11.0. The van der Waals surface area contributed by atoms with Crippen LogP contribution in [0.2, 0.25) is 0 Å². The maximum absolute atomic E-state index is 13.7. The van der Waals surface area contributed by atoms with Crippen molar-refractivity contribution in [2.45, 2.75) is 58.5 Å². The van der Waals surface area contributed by atoms with E-state index in [-0.39, 0.29) is 23.4 Å². The Morgan fingerprint density at radius 2 is 1.97 bits per heavy atom. The number of carbonyl (C=O) groups is 2. The topological polar surface area (TPSA) is 84.7 Å². The summed E-state index contributed by atoms with van der Waals surface area (Å²) >= 11 is 1.33. The molecule has 1 fully saturated rings. The molecular weight excluding hydrogens is 416 g/mol. The van der Waals surface area contributed by atoms with Crippen LogP contribution < -0.4 is 5.56 Å². The van der Waals surface area contributed by atoms with Gasteiger partial charge in [0.25, 0.3) is 11.5 Å². The summed E-state index contributed by atoms with van der Waals surface area (Å²) in [6, 6.07) is 0.0464. The molecule has 0 bridgehead atoms. The number of methoxy groups -OCH3 is 1. The molecule has 0 aliphatic carbocycles. The molecule has 0 N–H and O–H groups in total. The second kappa shape index (κ2) is 9.08. The highest BCUT2D eigenvalue weighted by Crippen LogP contribution is 2.31. The average Bonchev–Trinajstić information content (AvgIpc) is 3.10. The summed E-state index contributed by atoms with van der Waals surface area (Å²) in [6.07, 6.45) is 4.32. The van der Waals surface area contributed by atoms with E-state index >= 15 is 0 Å². The summed E-state index contributed by atoms with van der Waals surface area (Å²) in [7, 11) is 1.63. The van der Waals surface area contributed by atoms with Gasteiger partial charge in [-0.05, 0) is 38.2 Å². The number of hydrogen-bond donors (Lipinski definition) is 0. The van der Waals surface area contributed by atoms with Crippen LogP contribution in [0.5, 0.6) is 0 Å². The summed E-state index contributed by atoms with van der Waals surface area (Å²) in [5.41, 5.74) is 0.706. The van der Waals surface area contributed by atoms with Crippen LogP contribution in [0.3, 0.4) is 0 Å². The van der Waals surface area contributed by atoms with Crippen molar-refractivity contribution in [3.8, 4) is 0 Å². The van der Waals surface area contributed by atoms with Gasteiger partial charge < -0.3 is 14.5 Å². The molecule has 31 heavy (non-hydrogen) atoms. The minimum Gasteiger partial charge on any atom is -0.383 e. The SMILES string of the molecule is COCCN(C(=O)c1sc2nc3n(c(=O)c2c1C)CCCC3)C1CCN(C(C)=O)CC1. The van der Waals surface area contributed by atoms with E-state index in [0.29, 0.717) is 47.9 Å². The van der Waals surface area contributed by atoms with Crippen molar-refractivity contribution in [3.05, 3.63) is 26.6 Å². The van der Waals surface area contributed by atoms with Crippen LogP contribution in [-0.2, 0) is 22.5 Å². The van der Waals surface area contributed by atoms with E-state index in [1.54, 1.807) is 18.6 Å². The molecule has 2 aromatic heterocycles. The minimum absolute atomic E-state index is 0.0225. The first-order chi connectivity index (χ1) is 14.9. The van der Waals surface area contributed by atoms with Gasteiger partial charge in [-0.3, -0.25) is 19.0 Å². The Bertz CT molecular complexity index is 1050. The smallest absolute Gasteiger partial charge is 0.264 e. The Balaban J connectivity index is 1.67. The van der Waals surface area contributed by atoms with E-state index in [4.69, 9.17) is 9.72 Å². The van der Waals surface area contributed by atoms with Crippen LogP contribution in [0.1, 0.15) is 53.7 Å². The summed E-state index contributed by atoms with van der Waals surface area (Å²) in [6.45, 7) is 6.37. The van der Waals surface area contributed by atoms with Crippen LogP contribution in [0.15, 0.2) is 4.79 Å². The van der Waals surface area contributed by atoms with Gasteiger partial charge in [-0.15, -0.1) is 11.3 Å². The molecule has 0 radical (unpaired) electrons. The Labute approximate surface area is 185 Å². The average molecular weight is 447 g/mol. The Morgan fingerprint density at radius 3 is 2.65 bits per heavy atom. The summed E-state index contributed by atoms with van der Waals surface area (Å²) in [4.78, 5) is 48.1. The molecule has 9 heteroatoms. The highest BCUT2D eigenvalue weighted by atomic mass is 32.1. The third-order valence-corrected chi connectivity index (χ3v) is 7.68. The number of carbonyl (C=O) groups excluding carboxylic acids is 2. The number of aryl methyl sites for hydroxylation is 2. The Kier molecular flexibility index (Phi) is 6.43. The van der Waals surface area contributed by atoms with Crippen molar-refractivity contribution < 1.29 is 14.3 Å². The van der Waals surface area contributed by atoms with Crippen molar-refractivity contribution in [1.82, 2.24) is 19.4 Å². The lowest BCUT2D eigenvalue weighted by atomic mass is 10.0. The van der Waals surface area contributed by atoms with Gasteiger partial charge >= 0.3 is 0 Å². The maximum atomic E-state index is 13.7. The molecule has 4 rings (SSSR count). The molecule has 4 heterocycles. The molecule has 1 saturated heterocycles. The fourth-order valence-corrected chi connectivity index (χ4v) is 5.85. The molecule has 0 saturated carbocycles. The van der Waals surface area contributed by atoms with E-state index in [9.17, 15) is 14.4 Å². The first kappa shape index (κ1) is 22.0. The zero-order valence-electron chi connectivity index (χ0n) is 18.5. The van der Waals surface area contributed by atoms with Crippen LogP contribution in [0.4, 0.5) is 0 Å². The lowest BCUT2D eigenvalue weighted by molar-refractivity contribution is -0.130. The highest BCUT2D eigenvalue weighted by Gasteiger charge is 2.32. The number of amides is 2. The number of nitrogens with zero attached hydrogens (tertiary/aromatic N) is 4. The highest BCUT2D eigenvalue weighted by molar-refractivity contribution is 7.20. The van der Waals surface area contributed by atoms with Gasteiger partial charge in [-0.1, -0.05) is 0 Å². The molecule has 2 aliphatic heterocycles. The van der Waals surface area contributed by atoms with Crippen molar-refractivity contribution >= 4 is 33.4 Å². The quantitative estimate of drug-likeness (QED) is 0.703. The molecule has 2 amide bonds. The second-order valence-electron chi connectivity index (χ2n) is 8.41. The number of aromatic nitrogens is 2. The predicted octanol–water partition coefficient (Wildman–Crippen LogP) is 2.20. The van der Waals surface area contributed by atoms with Gasteiger partial charge in [0.2, 0.25) is 5.91 Å². The van der Waals surface area contributed by atoms with Gasteiger partial charge in [0, 0.05) is 52.7 Å². The molecular formula is C22H30N4O4S. The van der Waals surface area contributed by atoms with Gasteiger partial charge in [0.05, 0.1) is 16.9 Å². The monoisotopic (exact) mass is 446 g/mol. The standard InChI is InChI=1S/C22H30N4O4S/c1-14-18-20(23-17-6-4-5-9-26(17)21(18)28)31-19(14)22(29)25(12-13-30-3)16-7-10-24(11-8-16)15(2)27/h16H,4-13H2,1-3H3. The minimum atomic E-state index is -0.0683. The third kappa shape index (κ3) is 4.13. The number of likely N-dealkylation sites (tertiary alicyclic amines) is 1. The zero-order chi connectivity index (χ0) is 22.1. The number of hydrogen-bond acceptors (Lipinski definition) is 6. The number of thiophene rings is 1. The number of piperidine rings is 1. The lowest BCUT2D eigenvalue weighted by Crippen LogP contribution is -2.49. The first-order valence-corrected chi connectivity index (χ1v) is 11.8. The normalized spacial score (nSPS) is 17.1. The largest absolute Gasteiger partial charge is 0.383 e. The van der Waals surface area contributed by atoms with Crippen molar-refractivity contribution in [2.24, 2.45) is 0 Å². The van der Waals surface area contributed by atoms with Gasteiger partial charge in [-0.2, -0.15) is 0 Å². The van der Waals surface area contributed by atoms with Crippen molar-refractivity contribution in [1.29, 1.82) is 0 Å². The number of ether oxygens (including phenoxy) is 1. The van der Waals surface area contributed by atoms with E-state index in [1.807, 2.05) is 16.7 Å².